The van der Waals surface area contributed by atoms with E-state index in [1.165, 1.54) is 9.47 Å². The molecule has 1 aliphatic carbocycles. The predicted octanol–water partition coefficient (Wildman–Crippen LogP) is 2.24. The molecule has 0 radical (unpaired) electrons. The Kier molecular flexibility index (Phi) is 5.83. The Balaban J connectivity index is 0.00000256. The summed E-state index contributed by atoms with van der Waals surface area (Å²) >= 11 is 0. The first kappa shape index (κ1) is 22.5. The van der Waals surface area contributed by atoms with Crippen LogP contribution in [0.1, 0.15) is 35.7 Å². The number of fused-ring (bicyclic) bond motifs is 1. The van der Waals surface area contributed by atoms with Crippen molar-refractivity contribution < 1.29 is 23.8 Å². The standard InChI is InChI=1S/C20H23F2N3O4.ClH/c1-23(2)9-20(29)5-6-24(10-20)17-14(21)7-12-16(15(17)22)25(11-3-4-11)8-13(18(12)26)19(27)28;/h7-8,11,29H,3-6,9-10H2,1-2H3,(H,27,28);1H. The van der Waals surface area contributed by atoms with E-state index < -0.39 is 34.2 Å². The molecule has 2 N–H and O–H groups in total. The molecule has 4 rings (SSSR count). The van der Waals surface area contributed by atoms with Crippen LogP contribution in [-0.4, -0.2) is 65.0 Å². The second-order valence-corrected chi connectivity index (χ2v) is 8.37. The molecule has 30 heavy (non-hydrogen) atoms. The van der Waals surface area contributed by atoms with Crippen molar-refractivity contribution in [1.82, 2.24) is 9.47 Å². The van der Waals surface area contributed by atoms with Crippen molar-refractivity contribution in [3.8, 4) is 0 Å². The summed E-state index contributed by atoms with van der Waals surface area (Å²) in [4.78, 5) is 27.2. The summed E-state index contributed by atoms with van der Waals surface area (Å²) < 4.78 is 32.0. The van der Waals surface area contributed by atoms with Gasteiger partial charge in [-0.2, -0.15) is 0 Å². The molecule has 1 aromatic carbocycles. The van der Waals surface area contributed by atoms with Crippen LogP contribution in [0.2, 0.25) is 0 Å². The van der Waals surface area contributed by atoms with Gasteiger partial charge in [-0.3, -0.25) is 4.79 Å². The number of β-amino-alcohol motifs (C(OH)–C–C–N with tert-alkyl or cyclic N) is 1. The molecule has 0 spiro atoms. The highest BCUT2D eigenvalue weighted by Crippen LogP contribution is 2.40. The number of aliphatic hydroxyl groups is 1. The predicted molar refractivity (Wildman–Crippen MR) is 111 cm³/mol. The number of aromatic nitrogens is 1. The number of pyridine rings is 1. The van der Waals surface area contributed by atoms with Gasteiger partial charge in [0.1, 0.15) is 17.1 Å². The lowest BCUT2D eigenvalue weighted by atomic mass is 10.0. The highest BCUT2D eigenvalue weighted by Gasteiger charge is 2.39. The van der Waals surface area contributed by atoms with Crippen molar-refractivity contribution in [2.75, 3.05) is 38.6 Å². The largest absolute Gasteiger partial charge is 0.477 e. The van der Waals surface area contributed by atoms with Crippen LogP contribution >= 0.6 is 12.4 Å². The van der Waals surface area contributed by atoms with Crippen molar-refractivity contribution in [3.05, 3.63) is 39.7 Å². The van der Waals surface area contributed by atoms with Crippen LogP contribution in [-0.2, 0) is 0 Å². The number of hydrogen-bond donors (Lipinski definition) is 2. The zero-order valence-corrected chi connectivity index (χ0v) is 17.5. The van der Waals surface area contributed by atoms with E-state index in [1.54, 1.807) is 0 Å². The molecule has 1 aliphatic heterocycles. The molecule has 1 unspecified atom stereocenters. The van der Waals surface area contributed by atoms with Gasteiger partial charge in [-0.15, -0.1) is 12.4 Å². The zero-order valence-electron chi connectivity index (χ0n) is 16.7. The minimum Gasteiger partial charge on any atom is -0.477 e. The Morgan fingerprint density at radius 2 is 2.00 bits per heavy atom. The second-order valence-electron chi connectivity index (χ2n) is 8.37. The molecular weight excluding hydrogens is 420 g/mol. The molecular formula is C20H24ClF2N3O4. The highest BCUT2D eigenvalue weighted by molar-refractivity contribution is 5.94. The smallest absolute Gasteiger partial charge is 0.341 e. The lowest BCUT2D eigenvalue weighted by Crippen LogP contribution is -2.42. The Morgan fingerprint density at radius 1 is 1.33 bits per heavy atom. The molecule has 164 valence electrons. The van der Waals surface area contributed by atoms with Gasteiger partial charge in [0.05, 0.1) is 16.5 Å². The fourth-order valence-electron chi connectivity index (χ4n) is 4.28. The third-order valence-electron chi connectivity index (χ3n) is 5.61. The molecule has 1 atom stereocenters. The van der Waals surface area contributed by atoms with E-state index in [9.17, 15) is 24.2 Å². The Labute approximate surface area is 177 Å². The summed E-state index contributed by atoms with van der Waals surface area (Å²) in [7, 11) is 3.62. The van der Waals surface area contributed by atoms with E-state index in [1.807, 2.05) is 19.0 Å². The molecule has 2 heterocycles. The van der Waals surface area contributed by atoms with Gasteiger partial charge in [0.25, 0.3) is 0 Å². The quantitative estimate of drug-likeness (QED) is 0.737. The molecule has 1 saturated heterocycles. The Hall–Kier alpha value is -2.23. The van der Waals surface area contributed by atoms with Crippen LogP contribution in [0.4, 0.5) is 14.5 Å². The van der Waals surface area contributed by atoms with Gasteiger partial charge in [-0.25, -0.2) is 13.6 Å². The van der Waals surface area contributed by atoms with Crippen molar-refractivity contribution in [2.45, 2.75) is 30.9 Å². The number of carboxylic acids is 1. The van der Waals surface area contributed by atoms with Gasteiger partial charge in [-0.05, 0) is 39.4 Å². The van der Waals surface area contributed by atoms with E-state index in [4.69, 9.17) is 0 Å². The number of aromatic carboxylic acids is 1. The molecule has 0 amide bonds. The van der Waals surface area contributed by atoms with Crippen LogP contribution in [0, 0.1) is 11.6 Å². The van der Waals surface area contributed by atoms with E-state index in [-0.39, 0.29) is 48.1 Å². The first-order chi connectivity index (χ1) is 13.6. The van der Waals surface area contributed by atoms with Crippen molar-refractivity contribution >= 4 is 35.0 Å². The van der Waals surface area contributed by atoms with Crippen LogP contribution in [0.5, 0.6) is 0 Å². The van der Waals surface area contributed by atoms with Gasteiger partial charge >= 0.3 is 5.97 Å². The summed E-state index contributed by atoms with van der Waals surface area (Å²) in [6.07, 6.45) is 2.97. The average Bonchev–Trinajstić information content (AvgIpc) is 3.38. The molecule has 2 aromatic rings. The van der Waals surface area contributed by atoms with Crippen LogP contribution in [0.25, 0.3) is 10.9 Å². The van der Waals surface area contributed by atoms with E-state index in [0.717, 1.165) is 25.1 Å². The highest BCUT2D eigenvalue weighted by atomic mass is 35.5. The van der Waals surface area contributed by atoms with Crippen LogP contribution in [0.15, 0.2) is 17.1 Å². The van der Waals surface area contributed by atoms with Crippen LogP contribution in [0.3, 0.4) is 0 Å². The second kappa shape index (κ2) is 7.79. The maximum Gasteiger partial charge on any atom is 0.341 e. The van der Waals surface area contributed by atoms with Gasteiger partial charge in [0.15, 0.2) is 5.82 Å². The van der Waals surface area contributed by atoms with E-state index >= 15 is 4.39 Å². The number of nitrogens with zero attached hydrogens (tertiary/aromatic N) is 3. The summed E-state index contributed by atoms with van der Waals surface area (Å²) in [5.41, 5.74) is -2.87. The third-order valence-corrected chi connectivity index (χ3v) is 5.61. The number of carbonyl (C=O) groups is 1. The number of hydrogen-bond acceptors (Lipinski definition) is 5. The summed E-state index contributed by atoms with van der Waals surface area (Å²) in [6.45, 7) is 0.686. The summed E-state index contributed by atoms with van der Waals surface area (Å²) in [6, 6.07) is 0.804. The lowest BCUT2D eigenvalue weighted by molar-refractivity contribution is 0.0365. The molecule has 1 aromatic heterocycles. The van der Waals surface area contributed by atoms with Crippen molar-refractivity contribution in [3.63, 3.8) is 0 Å². The minimum atomic E-state index is -1.43. The van der Waals surface area contributed by atoms with E-state index in [2.05, 4.69) is 0 Å². The molecule has 0 bridgehead atoms. The lowest BCUT2D eigenvalue weighted by Gasteiger charge is -2.28. The maximum absolute atomic E-state index is 15.6. The van der Waals surface area contributed by atoms with Crippen LogP contribution < -0.4 is 10.3 Å². The Morgan fingerprint density at radius 3 is 2.57 bits per heavy atom. The van der Waals surface area contributed by atoms with Crippen molar-refractivity contribution in [1.29, 1.82) is 0 Å². The number of carboxylic acid groups (broad SMARTS) is 1. The minimum absolute atomic E-state index is 0. The normalized spacial score (nSPS) is 21.3. The monoisotopic (exact) mass is 443 g/mol. The molecule has 7 nitrogen and oxygen atoms in total. The molecule has 2 fully saturated rings. The first-order valence-electron chi connectivity index (χ1n) is 9.53. The molecule has 1 saturated carbocycles. The topological polar surface area (TPSA) is 86.0 Å². The fraction of sp³-hybridized carbons (Fsp3) is 0.500. The number of halogens is 3. The number of likely N-dealkylation sites (N-methyl/N-ethyl adjacent to an activating group) is 1. The molecule has 2 aliphatic rings. The van der Waals surface area contributed by atoms with E-state index in [0.29, 0.717) is 13.0 Å². The zero-order chi connectivity index (χ0) is 21.1. The maximum atomic E-state index is 15.6. The van der Waals surface area contributed by atoms with Gasteiger partial charge in [0, 0.05) is 31.9 Å². The summed E-state index contributed by atoms with van der Waals surface area (Å²) in [5, 5.41) is 19.8. The first-order valence-corrected chi connectivity index (χ1v) is 9.53. The molecule has 10 heteroatoms. The van der Waals surface area contributed by atoms with Gasteiger partial charge in [-0.1, -0.05) is 0 Å². The summed E-state index contributed by atoms with van der Waals surface area (Å²) in [5.74, 6) is -3.26. The fourth-order valence-corrected chi connectivity index (χ4v) is 4.28. The average molecular weight is 444 g/mol. The number of rotatable bonds is 5. The van der Waals surface area contributed by atoms with Crippen molar-refractivity contribution in [2.24, 2.45) is 0 Å². The Bertz CT molecular complexity index is 1070. The SMILES string of the molecule is CN(C)CC1(O)CCN(c2c(F)cc3c(=O)c(C(=O)O)cn(C4CC4)c3c2F)C1.Cl. The van der Waals surface area contributed by atoms with Gasteiger partial charge in [0.2, 0.25) is 5.43 Å². The third kappa shape index (κ3) is 3.77. The number of anilines is 1. The van der Waals surface area contributed by atoms with Gasteiger partial charge < -0.3 is 24.6 Å². The number of benzene rings is 1.